The van der Waals surface area contributed by atoms with E-state index in [2.05, 4.69) is 22.1 Å². The van der Waals surface area contributed by atoms with Gasteiger partial charge in [-0.1, -0.05) is 26.2 Å². The summed E-state index contributed by atoms with van der Waals surface area (Å²) in [5.74, 6) is 1.34. The fourth-order valence-corrected chi connectivity index (χ4v) is 5.62. The average molecular weight is 469 g/mol. The molecule has 2 fully saturated rings. The Hall–Kier alpha value is -2.74. The average Bonchev–Trinajstić information content (AvgIpc) is 3.30. The molecule has 1 aliphatic carbocycles. The van der Waals surface area contributed by atoms with E-state index in [1.165, 1.54) is 6.42 Å². The first-order valence-corrected chi connectivity index (χ1v) is 12.9. The number of likely N-dealkylation sites (N-methyl/N-ethyl adjacent to an activating group) is 1. The second kappa shape index (κ2) is 10.3. The molecule has 1 unspecified atom stereocenters. The lowest BCUT2D eigenvalue weighted by atomic mass is 9.96. The highest BCUT2D eigenvalue weighted by atomic mass is 16.6. The quantitative estimate of drug-likeness (QED) is 0.676. The van der Waals surface area contributed by atoms with E-state index >= 15 is 0 Å². The summed E-state index contributed by atoms with van der Waals surface area (Å²) in [6.07, 6.45) is 7.88. The zero-order valence-electron chi connectivity index (χ0n) is 20.1. The molecule has 2 amide bonds. The number of likely N-dealkylation sites (tertiary alicyclic amines) is 1. The lowest BCUT2D eigenvalue weighted by Gasteiger charge is -2.32. The Balaban J connectivity index is 1.40. The second-order valence-corrected chi connectivity index (χ2v) is 9.80. The van der Waals surface area contributed by atoms with Gasteiger partial charge in [0.2, 0.25) is 0 Å². The summed E-state index contributed by atoms with van der Waals surface area (Å²) in [6, 6.07) is 6.12. The molecule has 0 radical (unpaired) electrons. The van der Waals surface area contributed by atoms with Gasteiger partial charge in [-0.2, -0.15) is 0 Å². The summed E-state index contributed by atoms with van der Waals surface area (Å²) in [4.78, 5) is 33.7. The van der Waals surface area contributed by atoms with E-state index in [1.807, 2.05) is 23.1 Å². The third kappa shape index (κ3) is 5.02. The van der Waals surface area contributed by atoms with E-state index < -0.39 is 0 Å². The zero-order valence-corrected chi connectivity index (χ0v) is 20.1. The van der Waals surface area contributed by atoms with Gasteiger partial charge in [-0.15, -0.1) is 0 Å². The topological polar surface area (TPSA) is 86.9 Å². The molecule has 34 heavy (non-hydrogen) atoms. The van der Waals surface area contributed by atoms with E-state index in [0.29, 0.717) is 48.4 Å². The fourth-order valence-electron chi connectivity index (χ4n) is 5.62. The van der Waals surface area contributed by atoms with Gasteiger partial charge in [0.1, 0.15) is 13.2 Å². The number of benzene rings is 1. The molecule has 184 valence electrons. The molecule has 1 saturated carbocycles. The third-order valence-corrected chi connectivity index (χ3v) is 7.50. The molecule has 2 aliphatic heterocycles. The van der Waals surface area contributed by atoms with Crippen LogP contribution in [-0.4, -0.2) is 65.7 Å². The Kier molecular flexibility index (Phi) is 6.94. The summed E-state index contributed by atoms with van der Waals surface area (Å²) >= 11 is 0. The normalized spacial score (nSPS) is 21.0. The van der Waals surface area contributed by atoms with Gasteiger partial charge in [0.05, 0.1) is 12.1 Å². The maximum atomic E-state index is 13.4. The number of aromatic amines is 1. The summed E-state index contributed by atoms with van der Waals surface area (Å²) in [5, 5.41) is 4.14. The maximum absolute atomic E-state index is 13.4. The number of nitrogens with zero attached hydrogens (tertiary/aromatic N) is 2. The van der Waals surface area contributed by atoms with Gasteiger partial charge in [0, 0.05) is 35.6 Å². The number of amides is 2. The molecule has 1 atom stereocenters. The van der Waals surface area contributed by atoms with Crippen LogP contribution >= 0.6 is 0 Å². The van der Waals surface area contributed by atoms with Crippen LogP contribution in [0.4, 0.5) is 4.79 Å². The molecule has 2 aromatic rings. The molecule has 2 N–H and O–H groups in total. The number of nitrogens with one attached hydrogen (secondary N) is 2. The van der Waals surface area contributed by atoms with Crippen molar-refractivity contribution in [2.24, 2.45) is 0 Å². The van der Waals surface area contributed by atoms with Crippen molar-refractivity contribution < 1.29 is 14.3 Å². The predicted molar refractivity (Wildman–Crippen MR) is 132 cm³/mol. The molecular weight excluding hydrogens is 432 g/mol. The fraction of sp³-hybridized carbons (Fsp3) is 0.615. The van der Waals surface area contributed by atoms with Gasteiger partial charge in [-0.25, -0.2) is 4.79 Å². The number of rotatable bonds is 6. The van der Waals surface area contributed by atoms with E-state index in [-0.39, 0.29) is 24.2 Å². The van der Waals surface area contributed by atoms with Crippen molar-refractivity contribution in [1.29, 1.82) is 0 Å². The number of carbonyl (C=O) groups excluding carboxylic acids is 1. The van der Waals surface area contributed by atoms with Gasteiger partial charge >= 0.3 is 6.03 Å². The first-order chi connectivity index (χ1) is 16.6. The SMILES string of the molecule is CCN1CCCC1CN(Cc1cc2cc3c(cc2[nH]c1=O)OCCO3)C(=O)NC1CCCCC1. The van der Waals surface area contributed by atoms with Crippen molar-refractivity contribution in [2.45, 2.75) is 70.5 Å². The van der Waals surface area contributed by atoms with Crippen LogP contribution in [0.15, 0.2) is 23.0 Å². The zero-order chi connectivity index (χ0) is 23.5. The highest BCUT2D eigenvalue weighted by molar-refractivity contribution is 5.83. The molecule has 0 spiro atoms. The Morgan fingerprint density at radius 3 is 2.62 bits per heavy atom. The van der Waals surface area contributed by atoms with E-state index in [4.69, 9.17) is 9.47 Å². The molecule has 5 rings (SSSR count). The van der Waals surface area contributed by atoms with Gasteiger partial charge in [-0.05, 0) is 50.9 Å². The van der Waals surface area contributed by atoms with Crippen LogP contribution in [-0.2, 0) is 6.54 Å². The predicted octanol–water partition coefficient (Wildman–Crippen LogP) is 3.63. The van der Waals surface area contributed by atoms with Crippen molar-refractivity contribution >= 4 is 16.9 Å². The molecule has 1 saturated heterocycles. The number of hydrogen-bond acceptors (Lipinski definition) is 5. The van der Waals surface area contributed by atoms with Crippen LogP contribution in [0.1, 0.15) is 57.4 Å². The minimum absolute atomic E-state index is 0.0588. The van der Waals surface area contributed by atoms with Crippen LogP contribution in [0.5, 0.6) is 11.5 Å². The number of hydrogen-bond donors (Lipinski definition) is 2. The second-order valence-electron chi connectivity index (χ2n) is 9.80. The Morgan fingerprint density at radius 2 is 1.85 bits per heavy atom. The molecule has 3 aliphatic rings. The lowest BCUT2D eigenvalue weighted by Crippen LogP contribution is -2.50. The van der Waals surface area contributed by atoms with E-state index in [9.17, 15) is 9.59 Å². The van der Waals surface area contributed by atoms with Crippen molar-refractivity contribution in [3.63, 3.8) is 0 Å². The number of aromatic nitrogens is 1. The van der Waals surface area contributed by atoms with Crippen LogP contribution in [0.3, 0.4) is 0 Å². The highest BCUT2D eigenvalue weighted by Crippen LogP contribution is 2.33. The standard InChI is InChI=1S/C26H36N4O4/c1-2-29-10-6-9-21(29)17-30(26(32)27-20-7-4-3-5-8-20)16-19-13-18-14-23-24(34-12-11-33-23)15-22(18)28-25(19)31/h13-15,20-21H,2-12,16-17H2,1H3,(H,27,32)(H,28,31). The number of carbonyl (C=O) groups is 1. The van der Waals surface area contributed by atoms with Crippen LogP contribution in [0.2, 0.25) is 0 Å². The Bertz CT molecular complexity index is 1080. The summed E-state index contributed by atoms with van der Waals surface area (Å²) in [6.45, 7) is 6.15. The van der Waals surface area contributed by atoms with E-state index in [1.54, 1.807) is 0 Å². The summed E-state index contributed by atoms with van der Waals surface area (Å²) in [5.41, 5.74) is 1.13. The Morgan fingerprint density at radius 1 is 1.09 bits per heavy atom. The van der Waals surface area contributed by atoms with E-state index in [0.717, 1.165) is 57.0 Å². The molecular formula is C26H36N4O4. The highest BCUT2D eigenvalue weighted by Gasteiger charge is 2.29. The van der Waals surface area contributed by atoms with Gasteiger partial charge in [-0.3, -0.25) is 9.69 Å². The van der Waals surface area contributed by atoms with Crippen LogP contribution < -0.4 is 20.3 Å². The molecule has 1 aromatic heterocycles. The maximum Gasteiger partial charge on any atom is 0.317 e. The number of H-pyrrole nitrogens is 1. The number of fused-ring (bicyclic) bond motifs is 2. The van der Waals surface area contributed by atoms with Crippen molar-refractivity contribution in [2.75, 3.05) is 32.8 Å². The summed E-state index contributed by atoms with van der Waals surface area (Å²) in [7, 11) is 0. The molecule has 3 heterocycles. The Labute approximate surface area is 200 Å². The third-order valence-electron chi connectivity index (χ3n) is 7.50. The van der Waals surface area contributed by atoms with Gasteiger partial charge in [0.25, 0.3) is 5.56 Å². The van der Waals surface area contributed by atoms with Crippen LogP contribution in [0.25, 0.3) is 10.9 Å². The van der Waals surface area contributed by atoms with Gasteiger partial charge < -0.3 is 24.7 Å². The van der Waals surface area contributed by atoms with Crippen molar-refractivity contribution in [3.05, 3.63) is 34.1 Å². The van der Waals surface area contributed by atoms with Crippen molar-refractivity contribution in [1.82, 2.24) is 20.1 Å². The molecule has 8 heteroatoms. The molecule has 1 aromatic carbocycles. The monoisotopic (exact) mass is 468 g/mol. The van der Waals surface area contributed by atoms with Gasteiger partial charge in [0.15, 0.2) is 11.5 Å². The number of urea groups is 1. The smallest absolute Gasteiger partial charge is 0.317 e. The summed E-state index contributed by atoms with van der Waals surface area (Å²) < 4.78 is 11.4. The minimum atomic E-state index is -0.168. The largest absolute Gasteiger partial charge is 0.486 e. The molecule has 8 nitrogen and oxygen atoms in total. The lowest BCUT2D eigenvalue weighted by molar-refractivity contribution is 0.159. The van der Waals surface area contributed by atoms with Crippen LogP contribution in [0, 0.1) is 0 Å². The number of pyridine rings is 1. The molecule has 0 bridgehead atoms. The first-order valence-electron chi connectivity index (χ1n) is 12.9. The number of ether oxygens (including phenoxy) is 2. The first kappa shape index (κ1) is 23.0. The minimum Gasteiger partial charge on any atom is -0.486 e. The van der Waals surface area contributed by atoms with Crippen molar-refractivity contribution in [3.8, 4) is 11.5 Å².